The molecule has 6 nitrogen and oxygen atoms in total. The Balaban J connectivity index is 1.31. The lowest BCUT2D eigenvalue weighted by Gasteiger charge is -2.31. The van der Waals surface area contributed by atoms with Crippen LogP contribution in [0.3, 0.4) is 0 Å². The van der Waals surface area contributed by atoms with Crippen molar-refractivity contribution in [3.8, 4) is 0 Å². The molecule has 0 bridgehead atoms. The van der Waals surface area contributed by atoms with Gasteiger partial charge < -0.3 is 10.6 Å². The quantitative estimate of drug-likeness (QED) is 0.599. The summed E-state index contributed by atoms with van der Waals surface area (Å²) < 4.78 is 0. The Morgan fingerprint density at radius 3 is 2.38 bits per heavy atom. The lowest BCUT2D eigenvalue weighted by atomic mass is 9.95. The van der Waals surface area contributed by atoms with E-state index in [9.17, 15) is 9.59 Å². The van der Waals surface area contributed by atoms with Crippen LogP contribution in [-0.2, 0) is 17.9 Å². The zero-order valence-electron chi connectivity index (χ0n) is 18.0. The molecule has 0 atom stereocenters. The Morgan fingerprint density at radius 1 is 0.906 bits per heavy atom. The molecule has 3 aromatic rings. The van der Waals surface area contributed by atoms with Crippen molar-refractivity contribution in [2.24, 2.45) is 5.92 Å². The number of nitrogens with zero attached hydrogens (tertiary/aromatic N) is 2. The molecule has 2 amide bonds. The maximum Gasteiger partial charge on any atom is 0.253 e. The number of carbonyl (C=O) groups is 2. The molecule has 2 N–H and O–H groups in total. The number of piperidine rings is 1. The highest BCUT2D eigenvalue weighted by Gasteiger charge is 2.26. The minimum absolute atomic E-state index is 0.0168. The summed E-state index contributed by atoms with van der Waals surface area (Å²) in [6, 6.07) is 21.3. The molecule has 1 saturated heterocycles. The zero-order valence-corrected chi connectivity index (χ0v) is 18.0. The molecule has 0 aliphatic carbocycles. The van der Waals surface area contributed by atoms with Crippen molar-refractivity contribution in [2.45, 2.75) is 25.9 Å². The van der Waals surface area contributed by atoms with Gasteiger partial charge in [-0.15, -0.1) is 0 Å². The average molecular weight is 429 g/mol. The van der Waals surface area contributed by atoms with Gasteiger partial charge in [-0.1, -0.05) is 48.5 Å². The van der Waals surface area contributed by atoms with E-state index in [0.29, 0.717) is 17.8 Å². The Hall–Kier alpha value is -3.51. The standard InChI is InChI=1S/C26H28N4O2/c31-25(22-12-15-30(16-13-22)19-20-7-2-1-3-8-20)29-24-11-5-4-10-23(24)26(32)28-18-21-9-6-14-27-17-21/h1-11,14,17,22H,12-13,15-16,18-19H2,(H,28,32)(H,29,31). The van der Waals surface area contributed by atoms with Gasteiger partial charge in [-0.2, -0.15) is 0 Å². The van der Waals surface area contributed by atoms with Gasteiger partial charge in [-0.25, -0.2) is 0 Å². The molecule has 4 rings (SSSR count). The summed E-state index contributed by atoms with van der Waals surface area (Å²) in [4.78, 5) is 32.1. The van der Waals surface area contributed by atoms with Gasteiger partial charge in [-0.3, -0.25) is 19.5 Å². The van der Waals surface area contributed by atoms with Gasteiger partial charge in [-0.05, 0) is 55.3 Å². The Labute approximate surface area is 188 Å². The molecule has 6 heteroatoms. The van der Waals surface area contributed by atoms with Crippen LogP contribution >= 0.6 is 0 Å². The summed E-state index contributed by atoms with van der Waals surface area (Å²) >= 11 is 0. The molecule has 1 aromatic heterocycles. The van der Waals surface area contributed by atoms with E-state index in [-0.39, 0.29) is 17.7 Å². The molecule has 1 fully saturated rings. The number of likely N-dealkylation sites (tertiary alicyclic amines) is 1. The lowest BCUT2D eigenvalue weighted by molar-refractivity contribution is -0.121. The maximum atomic E-state index is 12.9. The lowest BCUT2D eigenvalue weighted by Crippen LogP contribution is -2.38. The van der Waals surface area contributed by atoms with Crippen LogP contribution in [-0.4, -0.2) is 34.8 Å². The van der Waals surface area contributed by atoms with Gasteiger partial charge >= 0.3 is 0 Å². The highest BCUT2D eigenvalue weighted by atomic mass is 16.2. The normalized spacial score (nSPS) is 14.6. The number of anilines is 1. The van der Waals surface area contributed by atoms with Gasteiger partial charge in [0, 0.05) is 31.4 Å². The SMILES string of the molecule is O=C(NCc1cccnc1)c1ccccc1NC(=O)C1CCN(Cc2ccccc2)CC1. The van der Waals surface area contributed by atoms with Gasteiger partial charge in [0.05, 0.1) is 11.3 Å². The molecule has 1 aliphatic heterocycles. The maximum absolute atomic E-state index is 12.9. The van der Waals surface area contributed by atoms with Crippen molar-refractivity contribution in [3.05, 3.63) is 95.8 Å². The smallest absolute Gasteiger partial charge is 0.253 e. The second-order valence-corrected chi connectivity index (χ2v) is 8.11. The van der Waals surface area contributed by atoms with E-state index >= 15 is 0 Å². The van der Waals surface area contributed by atoms with Crippen molar-refractivity contribution in [1.29, 1.82) is 0 Å². The van der Waals surface area contributed by atoms with Crippen LogP contribution in [0, 0.1) is 5.92 Å². The number of pyridine rings is 1. The Kier molecular flexibility index (Phi) is 7.25. The van der Waals surface area contributed by atoms with Crippen molar-refractivity contribution >= 4 is 17.5 Å². The van der Waals surface area contributed by atoms with Crippen LogP contribution in [0.25, 0.3) is 0 Å². The highest BCUT2D eigenvalue weighted by Crippen LogP contribution is 2.22. The van der Waals surface area contributed by atoms with E-state index in [2.05, 4.69) is 44.8 Å². The first-order valence-corrected chi connectivity index (χ1v) is 11.0. The number of benzene rings is 2. The molecule has 1 aliphatic rings. The second kappa shape index (κ2) is 10.7. The fraction of sp³-hybridized carbons (Fsp3) is 0.269. The van der Waals surface area contributed by atoms with E-state index in [1.54, 1.807) is 30.6 Å². The summed E-state index contributed by atoms with van der Waals surface area (Å²) in [6.07, 6.45) is 5.04. The monoisotopic (exact) mass is 428 g/mol. The van der Waals surface area contributed by atoms with Crippen LogP contribution in [0.15, 0.2) is 79.1 Å². The van der Waals surface area contributed by atoms with Gasteiger partial charge in [0.25, 0.3) is 5.91 Å². The molecular weight excluding hydrogens is 400 g/mol. The van der Waals surface area contributed by atoms with Gasteiger partial charge in [0.2, 0.25) is 5.91 Å². The van der Waals surface area contributed by atoms with Crippen molar-refractivity contribution in [1.82, 2.24) is 15.2 Å². The summed E-state index contributed by atoms with van der Waals surface area (Å²) in [7, 11) is 0. The molecule has 2 heterocycles. The third-order valence-corrected chi connectivity index (χ3v) is 5.81. The summed E-state index contributed by atoms with van der Waals surface area (Å²) in [5, 5.41) is 5.89. The number of rotatable bonds is 7. The van der Waals surface area contributed by atoms with E-state index in [1.807, 2.05) is 24.3 Å². The van der Waals surface area contributed by atoms with E-state index in [4.69, 9.17) is 0 Å². The third kappa shape index (κ3) is 5.80. The topological polar surface area (TPSA) is 74.3 Å². The molecule has 164 valence electrons. The summed E-state index contributed by atoms with van der Waals surface area (Å²) in [5.74, 6) is -0.284. The largest absolute Gasteiger partial charge is 0.348 e. The van der Waals surface area contributed by atoms with E-state index < -0.39 is 0 Å². The van der Waals surface area contributed by atoms with Crippen LogP contribution in [0.4, 0.5) is 5.69 Å². The Bertz CT molecular complexity index is 1030. The molecule has 0 unspecified atom stereocenters. The van der Waals surface area contributed by atoms with Gasteiger partial charge in [0.15, 0.2) is 0 Å². The first-order valence-electron chi connectivity index (χ1n) is 11.0. The highest BCUT2D eigenvalue weighted by molar-refractivity contribution is 6.04. The average Bonchev–Trinajstić information content (AvgIpc) is 2.84. The van der Waals surface area contributed by atoms with Crippen molar-refractivity contribution in [2.75, 3.05) is 18.4 Å². The third-order valence-electron chi connectivity index (χ3n) is 5.81. The molecular formula is C26H28N4O2. The molecule has 0 spiro atoms. The number of carbonyl (C=O) groups excluding carboxylic acids is 2. The summed E-state index contributed by atoms with van der Waals surface area (Å²) in [6.45, 7) is 3.07. The molecule has 0 saturated carbocycles. The predicted octanol–water partition coefficient (Wildman–Crippen LogP) is 3.86. The minimum atomic E-state index is -0.220. The van der Waals surface area contributed by atoms with Crippen LogP contribution in [0.5, 0.6) is 0 Å². The van der Waals surface area contributed by atoms with Gasteiger partial charge in [0.1, 0.15) is 0 Å². The Morgan fingerprint density at radius 2 is 1.62 bits per heavy atom. The van der Waals surface area contributed by atoms with Crippen LogP contribution < -0.4 is 10.6 Å². The van der Waals surface area contributed by atoms with E-state index in [0.717, 1.165) is 38.0 Å². The minimum Gasteiger partial charge on any atom is -0.348 e. The number of nitrogens with one attached hydrogen (secondary N) is 2. The van der Waals surface area contributed by atoms with Crippen molar-refractivity contribution in [3.63, 3.8) is 0 Å². The summed E-state index contributed by atoms with van der Waals surface area (Å²) in [5.41, 5.74) is 3.23. The first kappa shape index (κ1) is 21.7. The molecule has 32 heavy (non-hydrogen) atoms. The number of amides is 2. The first-order chi connectivity index (χ1) is 15.7. The second-order valence-electron chi connectivity index (χ2n) is 8.11. The van der Waals surface area contributed by atoms with Crippen LogP contribution in [0.1, 0.15) is 34.3 Å². The zero-order chi connectivity index (χ0) is 22.2. The number of hydrogen-bond donors (Lipinski definition) is 2. The number of hydrogen-bond acceptors (Lipinski definition) is 4. The molecule has 2 aromatic carbocycles. The predicted molar refractivity (Wildman–Crippen MR) is 125 cm³/mol. The van der Waals surface area contributed by atoms with Crippen molar-refractivity contribution < 1.29 is 9.59 Å². The number of aromatic nitrogens is 1. The van der Waals surface area contributed by atoms with E-state index in [1.165, 1.54) is 5.56 Å². The fourth-order valence-electron chi connectivity index (χ4n) is 4.00. The molecule has 0 radical (unpaired) electrons. The number of para-hydroxylation sites is 1. The van der Waals surface area contributed by atoms with Crippen LogP contribution in [0.2, 0.25) is 0 Å². The fourth-order valence-corrected chi connectivity index (χ4v) is 4.00.